The summed E-state index contributed by atoms with van der Waals surface area (Å²) in [4.78, 5) is 11.8. The van der Waals surface area contributed by atoms with E-state index >= 15 is 0 Å². The van der Waals surface area contributed by atoms with E-state index in [1.54, 1.807) is 6.07 Å². The van der Waals surface area contributed by atoms with Gasteiger partial charge >= 0.3 is 0 Å². The van der Waals surface area contributed by atoms with Crippen LogP contribution in [0.1, 0.15) is 48.1 Å². The monoisotopic (exact) mass is 461 g/mol. The molecule has 1 heterocycles. The maximum atomic E-state index is 11.9. The number of rotatable bonds is 7. The third kappa shape index (κ3) is 5.63. The van der Waals surface area contributed by atoms with Crippen molar-refractivity contribution in [2.75, 3.05) is 11.6 Å². The van der Waals surface area contributed by atoms with Gasteiger partial charge in [0, 0.05) is 18.4 Å². The smallest absolute Gasteiger partial charge is 0.224 e. The van der Waals surface area contributed by atoms with Gasteiger partial charge in [0.15, 0.2) is 5.44 Å². The van der Waals surface area contributed by atoms with Crippen LogP contribution < -0.4 is 5.32 Å². The first-order valence-corrected chi connectivity index (χ1v) is 12.3. The predicted octanol–water partition coefficient (Wildman–Crippen LogP) is 2.18. The van der Waals surface area contributed by atoms with Gasteiger partial charge in [-0.05, 0) is 54.2 Å². The largest absolute Gasteiger partial charge is 0.387 e. The van der Waals surface area contributed by atoms with Crippen LogP contribution in [0.3, 0.4) is 0 Å². The second-order valence-electron chi connectivity index (χ2n) is 8.25. The molecule has 1 amide bonds. The van der Waals surface area contributed by atoms with Crippen LogP contribution >= 0.6 is 0 Å². The fraction of sp³-hybridized carbons (Fsp3) is 0.458. The molecule has 0 radical (unpaired) electrons. The van der Waals surface area contributed by atoms with Crippen molar-refractivity contribution in [3.8, 4) is 0 Å². The number of benzene rings is 2. The number of ether oxygens (including phenoxy) is 1. The first-order valence-electron chi connectivity index (χ1n) is 10.7. The van der Waals surface area contributed by atoms with E-state index in [4.69, 9.17) is 4.74 Å². The van der Waals surface area contributed by atoms with E-state index in [-0.39, 0.29) is 5.91 Å². The zero-order chi connectivity index (χ0) is 23.4. The van der Waals surface area contributed by atoms with E-state index in [1.165, 1.54) is 6.26 Å². The maximum absolute atomic E-state index is 11.9. The molecule has 1 unspecified atom stereocenters. The molecule has 174 valence electrons. The van der Waals surface area contributed by atoms with Crippen molar-refractivity contribution in [2.45, 2.75) is 63.0 Å². The van der Waals surface area contributed by atoms with E-state index < -0.39 is 40.7 Å². The van der Waals surface area contributed by atoms with E-state index in [9.17, 15) is 24.3 Å². The lowest BCUT2D eigenvalue weighted by Crippen LogP contribution is -2.55. The summed E-state index contributed by atoms with van der Waals surface area (Å²) in [6.45, 7) is 3.94. The number of carbonyl (C=O) groups is 1. The topological polar surface area (TPSA) is 116 Å². The molecule has 1 aliphatic heterocycles. The summed E-state index contributed by atoms with van der Waals surface area (Å²) in [5, 5.41) is 33.7. The molecule has 32 heavy (non-hydrogen) atoms. The highest BCUT2D eigenvalue weighted by molar-refractivity contribution is 7.84. The molecule has 8 heteroatoms. The van der Waals surface area contributed by atoms with Gasteiger partial charge in [0.05, 0.1) is 10.8 Å². The summed E-state index contributed by atoms with van der Waals surface area (Å²) in [6, 6.07) is 13.3. The Morgan fingerprint density at radius 2 is 1.75 bits per heavy atom. The van der Waals surface area contributed by atoms with Crippen molar-refractivity contribution >= 4 is 22.4 Å². The average molecular weight is 462 g/mol. The van der Waals surface area contributed by atoms with Crippen LogP contribution in [0.25, 0.3) is 0 Å². The van der Waals surface area contributed by atoms with Crippen molar-refractivity contribution in [1.82, 2.24) is 0 Å². The molecule has 0 spiro atoms. The second-order valence-corrected chi connectivity index (χ2v) is 9.72. The molecule has 1 fully saturated rings. The minimum absolute atomic E-state index is 0.00606. The van der Waals surface area contributed by atoms with Crippen LogP contribution in [0.4, 0.5) is 5.69 Å². The number of hydrogen-bond donors (Lipinski definition) is 4. The standard InChI is InChI=1S/C24H31NO6S/c1-4-5-19(26)25-18-10-7-15(8-11-18)12-17-13-16(9-6-14(17)2)23-21(28)20(27)22(29)24(31-23)32(3)30/h6-11,13,20-24,27-29H,4-5,12H2,1-3H3,(H,25,26)/t20-,21-,22+,23+,24-,32?/m1/s1. The molecule has 7 nitrogen and oxygen atoms in total. The summed E-state index contributed by atoms with van der Waals surface area (Å²) in [7, 11) is -1.53. The van der Waals surface area contributed by atoms with Crippen molar-refractivity contribution < 1.29 is 29.1 Å². The van der Waals surface area contributed by atoms with E-state index in [1.807, 2.05) is 50.2 Å². The highest BCUT2D eigenvalue weighted by Gasteiger charge is 2.45. The molecule has 2 aromatic rings. The molecule has 3 rings (SSSR count). The maximum Gasteiger partial charge on any atom is 0.224 e. The molecular formula is C24H31NO6S. The minimum Gasteiger partial charge on any atom is -0.387 e. The molecule has 1 aliphatic rings. The van der Waals surface area contributed by atoms with Gasteiger partial charge in [-0.3, -0.25) is 9.00 Å². The first-order chi connectivity index (χ1) is 15.2. The number of amides is 1. The fourth-order valence-electron chi connectivity index (χ4n) is 3.83. The van der Waals surface area contributed by atoms with E-state index in [0.717, 1.165) is 28.8 Å². The molecular weight excluding hydrogens is 430 g/mol. The number of nitrogens with one attached hydrogen (secondary N) is 1. The van der Waals surface area contributed by atoms with Crippen molar-refractivity contribution in [1.29, 1.82) is 0 Å². The molecule has 4 N–H and O–H groups in total. The summed E-state index contributed by atoms with van der Waals surface area (Å²) in [5.41, 5.74) is 3.42. The van der Waals surface area contributed by atoms with Crippen LogP contribution in [-0.2, 0) is 26.8 Å². The third-order valence-electron chi connectivity index (χ3n) is 5.71. The number of aliphatic hydroxyl groups excluding tert-OH is 3. The Hall–Kier alpha value is -2.10. The molecule has 6 atom stereocenters. The Morgan fingerprint density at radius 3 is 2.38 bits per heavy atom. The number of aryl methyl sites for hydroxylation is 1. The normalized spacial score (nSPS) is 26.5. The molecule has 0 bridgehead atoms. The van der Waals surface area contributed by atoms with Gasteiger partial charge in [0.2, 0.25) is 5.91 Å². The van der Waals surface area contributed by atoms with Crippen molar-refractivity contribution in [3.63, 3.8) is 0 Å². The van der Waals surface area contributed by atoms with Gasteiger partial charge in [-0.15, -0.1) is 0 Å². The van der Waals surface area contributed by atoms with Crippen LogP contribution in [0, 0.1) is 6.92 Å². The lowest BCUT2D eigenvalue weighted by atomic mass is 9.91. The average Bonchev–Trinajstić information content (AvgIpc) is 2.75. The molecule has 0 saturated carbocycles. The Bertz CT molecular complexity index is 963. The number of aliphatic hydroxyl groups is 3. The number of carbonyl (C=O) groups excluding carboxylic acids is 1. The predicted molar refractivity (Wildman–Crippen MR) is 124 cm³/mol. The lowest BCUT2D eigenvalue weighted by Gasteiger charge is -2.40. The fourth-order valence-corrected chi connectivity index (χ4v) is 4.66. The van der Waals surface area contributed by atoms with E-state index in [2.05, 4.69) is 5.32 Å². The first kappa shape index (κ1) is 24.5. The zero-order valence-corrected chi connectivity index (χ0v) is 19.3. The third-order valence-corrected chi connectivity index (χ3v) is 6.75. The molecule has 0 aromatic heterocycles. The Labute approximate surface area is 190 Å². The number of anilines is 1. The zero-order valence-electron chi connectivity index (χ0n) is 18.5. The van der Waals surface area contributed by atoms with Gasteiger partial charge in [0.25, 0.3) is 0 Å². The summed E-state index contributed by atoms with van der Waals surface area (Å²) in [5.74, 6) is -0.00606. The summed E-state index contributed by atoms with van der Waals surface area (Å²) >= 11 is 0. The molecule has 2 aromatic carbocycles. The summed E-state index contributed by atoms with van der Waals surface area (Å²) < 4.78 is 17.7. The highest BCUT2D eigenvalue weighted by atomic mass is 32.2. The summed E-state index contributed by atoms with van der Waals surface area (Å²) in [6.07, 6.45) is -1.82. The van der Waals surface area contributed by atoms with Crippen LogP contribution in [-0.4, -0.2) is 55.4 Å². The Morgan fingerprint density at radius 1 is 1.06 bits per heavy atom. The van der Waals surface area contributed by atoms with Gasteiger partial charge in [-0.1, -0.05) is 37.3 Å². The minimum atomic E-state index is -1.53. The van der Waals surface area contributed by atoms with Gasteiger partial charge in [-0.2, -0.15) is 0 Å². The Balaban J connectivity index is 1.78. The SMILES string of the molecule is CCCC(=O)Nc1ccc(Cc2cc([C@@H]3O[C@H](S(C)=O)[C@@H](O)[C@H](O)[C@H]3O)ccc2C)cc1. The molecule has 1 saturated heterocycles. The Kier molecular flexibility index (Phi) is 8.19. The van der Waals surface area contributed by atoms with Crippen molar-refractivity contribution in [2.24, 2.45) is 0 Å². The number of hydrogen-bond acceptors (Lipinski definition) is 6. The van der Waals surface area contributed by atoms with Crippen LogP contribution in [0.2, 0.25) is 0 Å². The van der Waals surface area contributed by atoms with Crippen LogP contribution in [0.5, 0.6) is 0 Å². The molecule has 0 aliphatic carbocycles. The van der Waals surface area contributed by atoms with E-state index in [0.29, 0.717) is 18.4 Å². The van der Waals surface area contributed by atoms with Gasteiger partial charge < -0.3 is 25.4 Å². The lowest BCUT2D eigenvalue weighted by molar-refractivity contribution is -0.201. The quantitative estimate of drug-likeness (QED) is 0.502. The highest BCUT2D eigenvalue weighted by Crippen LogP contribution is 2.34. The van der Waals surface area contributed by atoms with Gasteiger partial charge in [-0.25, -0.2) is 0 Å². The van der Waals surface area contributed by atoms with Gasteiger partial charge in [0.1, 0.15) is 24.4 Å². The van der Waals surface area contributed by atoms with Crippen molar-refractivity contribution in [3.05, 3.63) is 64.7 Å². The van der Waals surface area contributed by atoms with Crippen LogP contribution in [0.15, 0.2) is 42.5 Å². The second kappa shape index (κ2) is 10.7.